The van der Waals surface area contributed by atoms with Gasteiger partial charge in [-0.3, -0.25) is 0 Å². The summed E-state index contributed by atoms with van der Waals surface area (Å²) in [6.45, 7) is 12.4. The van der Waals surface area contributed by atoms with E-state index >= 15 is 0 Å². The van der Waals surface area contributed by atoms with E-state index in [2.05, 4.69) is 24.1 Å². The number of hydrogen-bond acceptors (Lipinski definition) is 3. The van der Waals surface area contributed by atoms with Gasteiger partial charge in [0, 0.05) is 31.7 Å². The molecule has 2 atom stereocenters. The van der Waals surface area contributed by atoms with E-state index in [0.29, 0.717) is 5.41 Å². The Bertz CT molecular complexity index is 214. The first-order valence-electron chi connectivity index (χ1n) is 6.75. The summed E-state index contributed by atoms with van der Waals surface area (Å²) in [7, 11) is 0. The number of nitrogens with one attached hydrogen (secondary N) is 1. The van der Waals surface area contributed by atoms with Gasteiger partial charge in [0.05, 0.1) is 6.61 Å². The van der Waals surface area contributed by atoms with Crippen molar-refractivity contribution >= 4 is 0 Å². The zero-order chi connectivity index (χ0) is 11.4. The summed E-state index contributed by atoms with van der Waals surface area (Å²) in [4.78, 5) is 2.64. The lowest BCUT2D eigenvalue weighted by atomic mass is 9.86. The average Bonchev–Trinajstić information content (AvgIpc) is 2.87. The summed E-state index contributed by atoms with van der Waals surface area (Å²) >= 11 is 0. The summed E-state index contributed by atoms with van der Waals surface area (Å²) in [5, 5.41) is 3.51. The molecule has 0 spiro atoms. The van der Waals surface area contributed by atoms with E-state index < -0.39 is 0 Å². The van der Waals surface area contributed by atoms with Crippen molar-refractivity contribution in [3.8, 4) is 0 Å². The van der Waals surface area contributed by atoms with Gasteiger partial charge in [-0.05, 0) is 31.8 Å². The van der Waals surface area contributed by atoms with Crippen LogP contribution >= 0.6 is 0 Å². The van der Waals surface area contributed by atoms with Crippen molar-refractivity contribution in [1.82, 2.24) is 10.2 Å². The summed E-state index contributed by atoms with van der Waals surface area (Å²) in [5.74, 6) is 0.888. The zero-order valence-electron chi connectivity index (χ0n) is 10.8. The topological polar surface area (TPSA) is 24.5 Å². The molecule has 3 heteroatoms. The van der Waals surface area contributed by atoms with Crippen LogP contribution in [0.5, 0.6) is 0 Å². The molecule has 2 aliphatic rings. The number of hydrogen-bond donors (Lipinski definition) is 1. The van der Waals surface area contributed by atoms with Crippen LogP contribution in [0.2, 0.25) is 0 Å². The molecule has 3 nitrogen and oxygen atoms in total. The van der Waals surface area contributed by atoms with Gasteiger partial charge >= 0.3 is 0 Å². The molecule has 2 saturated heterocycles. The molecule has 1 N–H and O–H groups in total. The third-order valence-electron chi connectivity index (χ3n) is 4.00. The van der Waals surface area contributed by atoms with E-state index in [1.165, 1.54) is 32.5 Å². The summed E-state index contributed by atoms with van der Waals surface area (Å²) < 4.78 is 5.63. The highest BCUT2D eigenvalue weighted by atomic mass is 16.5. The van der Waals surface area contributed by atoms with Crippen LogP contribution in [0, 0.1) is 11.3 Å². The van der Waals surface area contributed by atoms with Gasteiger partial charge in [0.25, 0.3) is 0 Å². The van der Waals surface area contributed by atoms with Gasteiger partial charge in [0.15, 0.2) is 0 Å². The standard InChI is InChI=1S/C13H26N2O/c1-3-14-9-13(5-7-16-11-13)10-15-6-4-12(2)8-15/h12,14H,3-11H2,1-2H3. The molecule has 0 aliphatic carbocycles. The van der Waals surface area contributed by atoms with Crippen LogP contribution in [0.3, 0.4) is 0 Å². The molecule has 2 fully saturated rings. The third kappa shape index (κ3) is 2.96. The molecule has 94 valence electrons. The molecule has 0 radical (unpaired) electrons. The van der Waals surface area contributed by atoms with Gasteiger partial charge in [-0.2, -0.15) is 0 Å². The maximum atomic E-state index is 5.63. The van der Waals surface area contributed by atoms with E-state index in [0.717, 1.165) is 32.2 Å². The Labute approximate surface area is 99.5 Å². The summed E-state index contributed by atoms with van der Waals surface area (Å²) in [5.41, 5.74) is 0.389. The van der Waals surface area contributed by atoms with Crippen molar-refractivity contribution in [1.29, 1.82) is 0 Å². The fraction of sp³-hybridized carbons (Fsp3) is 1.00. The SMILES string of the molecule is CCNCC1(CN2CCC(C)C2)CCOC1. The highest BCUT2D eigenvalue weighted by Gasteiger charge is 2.37. The van der Waals surface area contributed by atoms with Gasteiger partial charge in [-0.25, -0.2) is 0 Å². The van der Waals surface area contributed by atoms with Gasteiger partial charge in [-0.1, -0.05) is 13.8 Å². The van der Waals surface area contributed by atoms with Crippen molar-refractivity contribution in [2.75, 3.05) is 45.9 Å². The van der Waals surface area contributed by atoms with E-state index in [1.54, 1.807) is 0 Å². The van der Waals surface area contributed by atoms with Gasteiger partial charge in [0.2, 0.25) is 0 Å². The van der Waals surface area contributed by atoms with Crippen molar-refractivity contribution in [3.05, 3.63) is 0 Å². The lowest BCUT2D eigenvalue weighted by Crippen LogP contribution is -2.44. The molecular formula is C13H26N2O. The number of likely N-dealkylation sites (tertiary alicyclic amines) is 1. The van der Waals surface area contributed by atoms with E-state index in [4.69, 9.17) is 4.74 Å². The van der Waals surface area contributed by atoms with Crippen LogP contribution < -0.4 is 5.32 Å². The van der Waals surface area contributed by atoms with E-state index in [1.807, 2.05) is 0 Å². The van der Waals surface area contributed by atoms with E-state index in [-0.39, 0.29) is 0 Å². The average molecular weight is 226 g/mol. The van der Waals surface area contributed by atoms with Crippen LogP contribution in [0.1, 0.15) is 26.7 Å². The Morgan fingerprint density at radius 3 is 2.94 bits per heavy atom. The van der Waals surface area contributed by atoms with Crippen LogP contribution in [0.25, 0.3) is 0 Å². The minimum Gasteiger partial charge on any atom is -0.381 e. The lowest BCUT2D eigenvalue weighted by Gasteiger charge is -2.32. The Kier molecular flexibility index (Phi) is 4.22. The normalized spacial score (nSPS) is 36.0. The van der Waals surface area contributed by atoms with Crippen molar-refractivity contribution < 1.29 is 4.74 Å². The number of ether oxygens (including phenoxy) is 1. The fourth-order valence-electron chi connectivity index (χ4n) is 3.00. The maximum absolute atomic E-state index is 5.63. The Balaban J connectivity index is 1.86. The molecule has 0 amide bonds. The first-order valence-corrected chi connectivity index (χ1v) is 6.75. The smallest absolute Gasteiger partial charge is 0.0547 e. The highest BCUT2D eigenvalue weighted by Crippen LogP contribution is 2.31. The molecule has 2 unspecified atom stereocenters. The second kappa shape index (κ2) is 5.48. The third-order valence-corrected chi connectivity index (χ3v) is 4.00. The largest absolute Gasteiger partial charge is 0.381 e. The highest BCUT2D eigenvalue weighted by molar-refractivity contribution is 4.90. The molecule has 2 rings (SSSR count). The molecule has 2 aliphatic heterocycles. The molecule has 2 heterocycles. The van der Waals surface area contributed by atoms with Crippen LogP contribution in [0.15, 0.2) is 0 Å². The van der Waals surface area contributed by atoms with E-state index in [9.17, 15) is 0 Å². The first-order chi connectivity index (χ1) is 7.74. The Morgan fingerprint density at radius 2 is 2.38 bits per heavy atom. The number of rotatable bonds is 5. The summed E-state index contributed by atoms with van der Waals surface area (Å²) in [6, 6.07) is 0. The first kappa shape index (κ1) is 12.3. The van der Waals surface area contributed by atoms with Gasteiger partial charge in [0.1, 0.15) is 0 Å². The summed E-state index contributed by atoms with van der Waals surface area (Å²) in [6.07, 6.45) is 2.60. The molecule has 0 aromatic rings. The zero-order valence-corrected chi connectivity index (χ0v) is 10.8. The Morgan fingerprint density at radius 1 is 1.50 bits per heavy atom. The van der Waals surface area contributed by atoms with Crippen LogP contribution in [-0.2, 0) is 4.74 Å². The predicted molar refractivity (Wildman–Crippen MR) is 66.6 cm³/mol. The second-order valence-electron chi connectivity index (χ2n) is 5.71. The molecular weight excluding hydrogens is 200 g/mol. The van der Waals surface area contributed by atoms with Gasteiger partial charge < -0.3 is 15.0 Å². The minimum atomic E-state index is 0.389. The lowest BCUT2D eigenvalue weighted by molar-refractivity contribution is 0.117. The van der Waals surface area contributed by atoms with Gasteiger partial charge in [-0.15, -0.1) is 0 Å². The number of nitrogens with zero attached hydrogens (tertiary/aromatic N) is 1. The van der Waals surface area contributed by atoms with Crippen LogP contribution in [-0.4, -0.2) is 50.8 Å². The van der Waals surface area contributed by atoms with Crippen molar-refractivity contribution in [2.24, 2.45) is 11.3 Å². The van der Waals surface area contributed by atoms with Crippen molar-refractivity contribution in [2.45, 2.75) is 26.7 Å². The molecule has 0 aromatic carbocycles. The fourth-order valence-corrected chi connectivity index (χ4v) is 3.00. The molecule has 0 aromatic heterocycles. The van der Waals surface area contributed by atoms with Crippen LogP contribution in [0.4, 0.5) is 0 Å². The predicted octanol–water partition coefficient (Wildman–Crippen LogP) is 1.34. The molecule has 0 bridgehead atoms. The minimum absolute atomic E-state index is 0.389. The molecule has 16 heavy (non-hydrogen) atoms. The second-order valence-corrected chi connectivity index (χ2v) is 5.71. The quantitative estimate of drug-likeness (QED) is 0.766. The Hall–Kier alpha value is -0.120. The van der Waals surface area contributed by atoms with Crippen molar-refractivity contribution in [3.63, 3.8) is 0 Å². The monoisotopic (exact) mass is 226 g/mol. The maximum Gasteiger partial charge on any atom is 0.0547 e. The molecule has 0 saturated carbocycles.